The van der Waals surface area contributed by atoms with Gasteiger partial charge in [-0.25, -0.2) is 9.89 Å². The molecule has 0 spiro atoms. The maximum absolute atomic E-state index is 12.1. The van der Waals surface area contributed by atoms with Crippen molar-refractivity contribution >= 4 is 28.8 Å². The van der Waals surface area contributed by atoms with Crippen LogP contribution >= 0.6 is 22.9 Å². The number of nitrogens with zero attached hydrogens (tertiary/aromatic N) is 2. The van der Waals surface area contributed by atoms with Gasteiger partial charge in [-0.2, -0.15) is 5.10 Å². The largest absolute Gasteiger partial charge is 0.349 e. The topological polar surface area (TPSA) is 79.8 Å². The highest BCUT2D eigenvalue weighted by molar-refractivity contribution is 7.17. The zero-order valence-corrected chi connectivity index (χ0v) is 12.1. The summed E-state index contributed by atoms with van der Waals surface area (Å²) in [6.07, 6.45) is 2.17. The molecule has 1 unspecified atom stereocenters. The van der Waals surface area contributed by atoms with Gasteiger partial charge in [0.05, 0.1) is 9.21 Å². The predicted molar refractivity (Wildman–Crippen MR) is 76.4 cm³/mol. The summed E-state index contributed by atoms with van der Waals surface area (Å²) < 4.78 is 2.23. The molecule has 1 amide bonds. The van der Waals surface area contributed by atoms with E-state index in [2.05, 4.69) is 15.5 Å². The molecule has 2 N–H and O–H groups in total. The van der Waals surface area contributed by atoms with Gasteiger partial charge in [-0.05, 0) is 25.0 Å². The minimum absolute atomic E-state index is 0.0458. The van der Waals surface area contributed by atoms with Crippen LogP contribution < -0.4 is 11.0 Å². The molecular weight excluding hydrogens is 300 g/mol. The molecule has 2 aromatic heterocycles. The number of thiophene rings is 1. The average molecular weight is 313 g/mol. The SMILES string of the molecule is O=C(NC1CCc2n[nH]c(=O)n2CC1)c1ccc(Cl)s1. The molecule has 0 aliphatic carbocycles. The number of aromatic nitrogens is 3. The Labute approximate surface area is 123 Å². The van der Waals surface area contributed by atoms with Gasteiger partial charge in [0, 0.05) is 19.0 Å². The predicted octanol–water partition coefficient (Wildman–Crippen LogP) is 1.42. The third-order valence-corrected chi connectivity index (χ3v) is 4.62. The molecule has 0 aromatic carbocycles. The molecule has 8 heteroatoms. The molecule has 0 radical (unpaired) electrons. The summed E-state index contributed by atoms with van der Waals surface area (Å²) in [5.74, 6) is 0.645. The van der Waals surface area contributed by atoms with E-state index in [9.17, 15) is 9.59 Å². The summed E-state index contributed by atoms with van der Waals surface area (Å²) in [6, 6.07) is 3.47. The van der Waals surface area contributed by atoms with Crippen LogP contribution in [-0.2, 0) is 13.0 Å². The molecule has 3 heterocycles. The van der Waals surface area contributed by atoms with E-state index in [4.69, 9.17) is 11.6 Å². The zero-order valence-electron chi connectivity index (χ0n) is 10.6. The second-order valence-corrected chi connectivity index (χ2v) is 6.41. The first kappa shape index (κ1) is 13.4. The minimum Gasteiger partial charge on any atom is -0.349 e. The number of aryl methyl sites for hydroxylation is 1. The van der Waals surface area contributed by atoms with Crippen LogP contribution in [0.1, 0.15) is 28.3 Å². The molecule has 0 saturated heterocycles. The van der Waals surface area contributed by atoms with Crippen LogP contribution in [0.2, 0.25) is 4.34 Å². The number of rotatable bonds is 2. The highest BCUT2D eigenvalue weighted by atomic mass is 35.5. The lowest BCUT2D eigenvalue weighted by atomic mass is 10.1. The molecule has 6 nitrogen and oxygen atoms in total. The van der Waals surface area contributed by atoms with Crippen molar-refractivity contribution in [1.29, 1.82) is 0 Å². The first-order valence-electron chi connectivity index (χ1n) is 6.34. The van der Waals surface area contributed by atoms with Crippen molar-refractivity contribution in [3.63, 3.8) is 0 Å². The fraction of sp³-hybridized carbons (Fsp3) is 0.417. The Kier molecular flexibility index (Phi) is 3.62. The van der Waals surface area contributed by atoms with Gasteiger partial charge in [0.25, 0.3) is 5.91 Å². The summed E-state index contributed by atoms with van der Waals surface area (Å²) in [5, 5.41) is 9.43. The first-order valence-corrected chi connectivity index (χ1v) is 7.53. The molecule has 1 aliphatic heterocycles. The molecule has 3 rings (SSSR count). The minimum atomic E-state index is -0.183. The van der Waals surface area contributed by atoms with Crippen LogP contribution in [0.15, 0.2) is 16.9 Å². The van der Waals surface area contributed by atoms with Gasteiger partial charge in [0.1, 0.15) is 5.82 Å². The van der Waals surface area contributed by atoms with Crippen LogP contribution in [0, 0.1) is 0 Å². The fourth-order valence-corrected chi connectivity index (χ4v) is 3.29. The number of amides is 1. The van der Waals surface area contributed by atoms with E-state index >= 15 is 0 Å². The standard InChI is InChI=1S/C12H13ClN4O2S/c13-9-3-2-8(20-9)11(18)14-7-1-4-10-15-16-12(19)17(10)6-5-7/h2-3,7H,1,4-6H2,(H,14,18)(H,16,19). The summed E-state index contributed by atoms with van der Waals surface area (Å²) in [5.41, 5.74) is -0.183. The lowest BCUT2D eigenvalue weighted by molar-refractivity contribution is 0.0937. The Balaban J connectivity index is 1.66. The summed E-state index contributed by atoms with van der Waals surface area (Å²) in [6.45, 7) is 0.570. The van der Waals surface area contributed by atoms with E-state index in [1.807, 2.05) is 0 Å². The Morgan fingerprint density at radius 2 is 2.35 bits per heavy atom. The third kappa shape index (κ3) is 2.64. The third-order valence-electron chi connectivity index (χ3n) is 3.39. The fourth-order valence-electron chi connectivity index (χ4n) is 2.34. The smallest absolute Gasteiger partial charge is 0.343 e. The van der Waals surface area contributed by atoms with Crippen molar-refractivity contribution in [2.24, 2.45) is 0 Å². The van der Waals surface area contributed by atoms with Crippen molar-refractivity contribution in [3.05, 3.63) is 37.7 Å². The van der Waals surface area contributed by atoms with Gasteiger partial charge in [-0.3, -0.25) is 9.36 Å². The van der Waals surface area contributed by atoms with E-state index in [-0.39, 0.29) is 17.6 Å². The number of halogens is 1. The van der Waals surface area contributed by atoms with Crippen molar-refractivity contribution < 1.29 is 4.79 Å². The Bertz CT molecular complexity index is 690. The molecule has 106 valence electrons. The van der Waals surface area contributed by atoms with Crippen molar-refractivity contribution in [3.8, 4) is 0 Å². The van der Waals surface area contributed by atoms with E-state index < -0.39 is 0 Å². The van der Waals surface area contributed by atoms with Crippen LogP contribution in [0.5, 0.6) is 0 Å². The molecule has 0 saturated carbocycles. The number of aromatic amines is 1. The molecule has 0 fully saturated rings. The van der Waals surface area contributed by atoms with E-state index in [0.717, 1.165) is 18.7 Å². The van der Waals surface area contributed by atoms with Crippen molar-refractivity contribution in [1.82, 2.24) is 20.1 Å². The van der Waals surface area contributed by atoms with E-state index in [1.165, 1.54) is 11.3 Å². The quantitative estimate of drug-likeness (QED) is 0.880. The summed E-state index contributed by atoms with van der Waals surface area (Å²) >= 11 is 7.09. The Morgan fingerprint density at radius 3 is 3.10 bits per heavy atom. The highest BCUT2D eigenvalue weighted by Crippen LogP contribution is 2.21. The highest BCUT2D eigenvalue weighted by Gasteiger charge is 2.21. The monoisotopic (exact) mass is 312 g/mol. The molecule has 0 bridgehead atoms. The average Bonchev–Trinajstić information content (AvgIpc) is 2.94. The lowest BCUT2D eigenvalue weighted by Gasteiger charge is -2.15. The summed E-state index contributed by atoms with van der Waals surface area (Å²) in [4.78, 5) is 24.2. The Hall–Kier alpha value is -1.60. The van der Waals surface area contributed by atoms with Gasteiger partial charge in [0.2, 0.25) is 0 Å². The molecule has 20 heavy (non-hydrogen) atoms. The summed E-state index contributed by atoms with van der Waals surface area (Å²) in [7, 11) is 0. The van der Waals surface area contributed by atoms with Gasteiger partial charge in [0.15, 0.2) is 0 Å². The zero-order chi connectivity index (χ0) is 14.1. The molecule has 1 aliphatic rings. The van der Waals surface area contributed by atoms with Gasteiger partial charge < -0.3 is 5.32 Å². The first-order chi connectivity index (χ1) is 9.63. The van der Waals surface area contributed by atoms with Gasteiger partial charge in [-0.15, -0.1) is 11.3 Å². The second kappa shape index (κ2) is 5.41. The van der Waals surface area contributed by atoms with Crippen molar-refractivity contribution in [2.45, 2.75) is 31.8 Å². The maximum atomic E-state index is 12.1. The van der Waals surface area contributed by atoms with E-state index in [1.54, 1.807) is 16.7 Å². The van der Waals surface area contributed by atoms with Crippen LogP contribution in [0.25, 0.3) is 0 Å². The lowest BCUT2D eigenvalue weighted by Crippen LogP contribution is -2.35. The van der Waals surface area contributed by atoms with Crippen LogP contribution in [0.3, 0.4) is 0 Å². The number of hydrogen-bond donors (Lipinski definition) is 2. The van der Waals surface area contributed by atoms with Gasteiger partial charge >= 0.3 is 5.69 Å². The van der Waals surface area contributed by atoms with Crippen LogP contribution in [0.4, 0.5) is 0 Å². The maximum Gasteiger partial charge on any atom is 0.343 e. The number of H-pyrrole nitrogens is 1. The van der Waals surface area contributed by atoms with Crippen molar-refractivity contribution in [2.75, 3.05) is 0 Å². The van der Waals surface area contributed by atoms with Gasteiger partial charge in [-0.1, -0.05) is 11.6 Å². The number of carbonyl (C=O) groups excluding carboxylic acids is 1. The number of carbonyl (C=O) groups is 1. The number of nitrogens with one attached hydrogen (secondary N) is 2. The molecule has 1 atom stereocenters. The Morgan fingerprint density at radius 1 is 1.50 bits per heavy atom. The number of fused-ring (bicyclic) bond motifs is 1. The normalized spacial score (nSPS) is 18.4. The molecular formula is C12H13ClN4O2S. The van der Waals surface area contributed by atoms with Crippen LogP contribution in [-0.4, -0.2) is 26.7 Å². The van der Waals surface area contributed by atoms with E-state index in [0.29, 0.717) is 22.2 Å². The number of hydrogen-bond acceptors (Lipinski definition) is 4. The second-order valence-electron chi connectivity index (χ2n) is 4.70. The molecule has 2 aromatic rings.